The van der Waals surface area contributed by atoms with Crippen molar-refractivity contribution < 1.29 is 0 Å². The molecular formula is C14H21BrClN. The standard InChI is InChI=1S/C14H21BrClN/c1-10(2)5-4-6-14(17-3)12-9-11(15)7-8-13(12)16/h7-10,14,17H,4-6H2,1-3H3. The van der Waals surface area contributed by atoms with E-state index in [1.54, 1.807) is 0 Å². The number of hydrogen-bond acceptors (Lipinski definition) is 1. The van der Waals surface area contributed by atoms with Gasteiger partial charge in [0.1, 0.15) is 0 Å². The van der Waals surface area contributed by atoms with Crippen molar-refractivity contribution in [1.82, 2.24) is 5.32 Å². The highest BCUT2D eigenvalue weighted by atomic mass is 79.9. The molecule has 0 saturated heterocycles. The molecule has 1 aromatic rings. The quantitative estimate of drug-likeness (QED) is 0.761. The van der Waals surface area contributed by atoms with Crippen molar-refractivity contribution >= 4 is 27.5 Å². The SMILES string of the molecule is CNC(CCCC(C)C)c1cc(Br)ccc1Cl. The maximum absolute atomic E-state index is 6.25. The summed E-state index contributed by atoms with van der Waals surface area (Å²) >= 11 is 9.75. The summed E-state index contributed by atoms with van der Waals surface area (Å²) in [5.41, 5.74) is 1.19. The fourth-order valence-electron chi connectivity index (χ4n) is 1.97. The van der Waals surface area contributed by atoms with E-state index in [2.05, 4.69) is 41.2 Å². The Labute approximate surface area is 118 Å². The Hall–Kier alpha value is -0.0500. The van der Waals surface area contributed by atoms with Crippen molar-refractivity contribution in [2.24, 2.45) is 5.92 Å². The molecule has 3 heteroatoms. The van der Waals surface area contributed by atoms with Crippen LogP contribution in [0.2, 0.25) is 5.02 Å². The zero-order chi connectivity index (χ0) is 12.8. The van der Waals surface area contributed by atoms with E-state index >= 15 is 0 Å². The number of benzene rings is 1. The molecule has 1 unspecified atom stereocenters. The first-order valence-electron chi connectivity index (χ1n) is 6.16. The molecule has 0 saturated carbocycles. The fourth-order valence-corrected chi connectivity index (χ4v) is 2.60. The zero-order valence-corrected chi connectivity index (χ0v) is 13.1. The van der Waals surface area contributed by atoms with Gasteiger partial charge in [0, 0.05) is 15.5 Å². The summed E-state index contributed by atoms with van der Waals surface area (Å²) in [5.74, 6) is 0.769. The van der Waals surface area contributed by atoms with Gasteiger partial charge in [-0.2, -0.15) is 0 Å². The third-order valence-electron chi connectivity index (χ3n) is 2.96. The second-order valence-corrected chi connectivity index (χ2v) is 6.15. The number of hydrogen-bond donors (Lipinski definition) is 1. The van der Waals surface area contributed by atoms with Gasteiger partial charge in [0.25, 0.3) is 0 Å². The van der Waals surface area contributed by atoms with E-state index in [1.165, 1.54) is 18.4 Å². The van der Waals surface area contributed by atoms with Gasteiger partial charge in [0.2, 0.25) is 0 Å². The molecule has 1 nitrogen and oxygen atoms in total. The first-order chi connectivity index (χ1) is 8.04. The van der Waals surface area contributed by atoms with Crippen LogP contribution in [0.25, 0.3) is 0 Å². The van der Waals surface area contributed by atoms with Gasteiger partial charge in [0.05, 0.1) is 0 Å². The lowest BCUT2D eigenvalue weighted by Crippen LogP contribution is -2.17. The van der Waals surface area contributed by atoms with Crippen molar-refractivity contribution in [3.05, 3.63) is 33.3 Å². The van der Waals surface area contributed by atoms with E-state index in [1.807, 2.05) is 19.2 Å². The van der Waals surface area contributed by atoms with Crippen LogP contribution in [0.4, 0.5) is 0 Å². The molecule has 0 spiro atoms. The van der Waals surface area contributed by atoms with Crippen LogP contribution < -0.4 is 5.32 Å². The van der Waals surface area contributed by atoms with Crippen molar-refractivity contribution in [3.63, 3.8) is 0 Å². The van der Waals surface area contributed by atoms with Crippen LogP contribution in [-0.2, 0) is 0 Å². The molecule has 0 aliphatic rings. The topological polar surface area (TPSA) is 12.0 Å². The fraction of sp³-hybridized carbons (Fsp3) is 0.571. The molecule has 0 bridgehead atoms. The summed E-state index contributed by atoms with van der Waals surface area (Å²) in [6.07, 6.45) is 3.63. The van der Waals surface area contributed by atoms with Gasteiger partial charge in [0.15, 0.2) is 0 Å². The predicted molar refractivity (Wildman–Crippen MR) is 79.6 cm³/mol. The van der Waals surface area contributed by atoms with E-state index in [-0.39, 0.29) is 0 Å². The van der Waals surface area contributed by atoms with Gasteiger partial charge in [-0.15, -0.1) is 0 Å². The molecule has 0 aliphatic heterocycles. The van der Waals surface area contributed by atoms with E-state index in [0.717, 1.165) is 21.8 Å². The molecule has 0 fully saturated rings. The van der Waals surface area contributed by atoms with Gasteiger partial charge < -0.3 is 5.32 Å². The molecular weight excluding hydrogens is 298 g/mol. The number of rotatable bonds is 6. The molecule has 1 atom stereocenters. The molecule has 1 rings (SSSR count). The smallest absolute Gasteiger partial charge is 0.0454 e. The lowest BCUT2D eigenvalue weighted by atomic mass is 9.98. The molecule has 0 radical (unpaired) electrons. The Balaban J connectivity index is 2.68. The van der Waals surface area contributed by atoms with E-state index in [4.69, 9.17) is 11.6 Å². The third kappa shape index (κ3) is 4.99. The first-order valence-corrected chi connectivity index (χ1v) is 7.34. The lowest BCUT2D eigenvalue weighted by Gasteiger charge is -2.18. The number of halogens is 2. The monoisotopic (exact) mass is 317 g/mol. The highest BCUT2D eigenvalue weighted by Crippen LogP contribution is 2.29. The molecule has 17 heavy (non-hydrogen) atoms. The number of nitrogens with one attached hydrogen (secondary N) is 1. The highest BCUT2D eigenvalue weighted by molar-refractivity contribution is 9.10. The first kappa shape index (κ1) is 15.0. The second kappa shape index (κ2) is 7.40. The van der Waals surface area contributed by atoms with Gasteiger partial charge in [-0.05, 0) is 43.1 Å². The summed E-state index contributed by atoms with van der Waals surface area (Å²) in [4.78, 5) is 0. The van der Waals surface area contributed by atoms with Crippen LogP contribution in [0.1, 0.15) is 44.7 Å². The summed E-state index contributed by atoms with van der Waals surface area (Å²) in [6, 6.07) is 6.39. The Morgan fingerprint density at radius 3 is 2.59 bits per heavy atom. The highest BCUT2D eigenvalue weighted by Gasteiger charge is 2.13. The molecule has 96 valence electrons. The van der Waals surface area contributed by atoms with E-state index in [0.29, 0.717) is 6.04 Å². The maximum Gasteiger partial charge on any atom is 0.0454 e. The van der Waals surface area contributed by atoms with Crippen LogP contribution in [-0.4, -0.2) is 7.05 Å². The predicted octanol–water partition coefficient (Wildman–Crippen LogP) is 5.19. The Morgan fingerprint density at radius 2 is 2.00 bits per heavy atom. The lowest BCUT2D eigenvalue weighted by molar-refractivity contribution is 0.470. The van der Waals surface area contributed by atoms with Gasteiger partial charge in [-0.3, -0.25) is 0 Å². The Bertz CT molecular complexity index is 352. The summed E-state index contributed by atoms with van der Waals surface area (Å²) in [6.45, 7) is 4.53. The van der Waals surface area contributed by atoms with Gasteiger partial charge in [-0.1, -0.05) is 54.2 Å². The summed E-state index contributed by atoms with van der Waals surface area (Å²) in [7, 11) is 2.00. The normalized spacial score (nSPS) is 13.1. The molecule has 0 heterocycles. The van der Waals surface area contributed by atoms with Crippen LogP contribution in [0, 0.1) is 5.92 Å². The minimum Gasteiger partial charge on any atom is -0.313 e. The van der Waals surface area contributed by atoms with Crippen LogP contribution in [0.5, 0.6) is 0 Å². The van der Waals surface area contributed by atoms with Gasteiger partial charge >= 0.3 is 0 Å². The van der Waals surface area contributed by atoms with E-state index in [9.17, 15) is 0 Å². The maximum atomic E-state index is 6.25. The summed E-state index contributed by atoms with van der Waals surface area (Å²) in [5, 5.41) is 4.20. The third-order valence-corrected chi connectivity index (χ3v) is 3.79. The summed E-state index contributed by atoms with van der Waals surface area (Å²) < 4.78 is 1.08. The average Bonchev–Trinajstić information content (AvgIpc) is 2.28. The molecule has 0 aliphatic carbocycles. The largest absolute Gasteiger partial charge is 0.313 e. The second-order valence-electron chi connectivity index (χ2n) is 4.83. The minimum atomic E-state index is 0.346. The Morgan fingerprint density at radius 1 is 1.29 bits per heavy atom. The van der Waals surface area contributed by atoms with Crippen LogP contribution in [0.3, 0.4) is 0 Å². The molecule has 1 aromatic carbocycles. The minimum absolute atomic E-state index is 0.346. The van der Waals surface area contributed by atoms with Crippen molar-refractivity contribution in [3.8, 4) is 0 Å². The molecule has 0 amide bonds. The van der Waals surface area contributed by atoms with Crippen molar-refractivity contribution in [2.45, 2.75) is 39.2 Å². The zero-order valence-electron chi connectivity index (χ0n) is 10.8. The van der Waals surface area contributed by atoms with Crippen LogP contribution in [0.15, 0.2) is 22.7 Å². The van der Waals surface area contributed by atoms with Gasteiger partial charge in [-0.25, -0.2) is 0 Å². The van der Waals surface area contributed by atoms with Crippen LogP contribution >= 0.6 is 27.5 Å². The van der Waals surface area contributed by atoms with E-state index < -0.39 is 0 Å². The molecule has 1 N–H and O–H groups in total. The van der Waals surface area contributed by atoms with Crippen molar-refractivity contribution in [2.75, 3.05) is 7.05 Å². The van der Waals surface area contributed by atoms with Crippen molar-refractivity contribution in [1.29, 1.82) is 0 Å². The molecule has 0 aromatic heterocycles. The average molecular weight is 319 g/mol. The Kier molecular flexibility index (Phi) is 6.53.